The average molecular weight is 248 g/mol. The minimum atomic E-state index is 0.0991. The van der Waals surface area contributed by atoms with Crippen molar-refractivity contribution in [1.29, 1.82) is 0 Å². The topological polar surface area (TPSA) is 50.4 Å². The zero-order valence-electron chi connectivity index (χ0n) is 10.7. The van der Waals surface area contributed by atoms with E-state index >= 15 is 0 Å². The molecule has 1 amide bonds. The Kier molecular flexibility index (Phi) is 4.59. The van der Waals surface area contributed by atoms with Crippen molar-refractivity contribution >= 4 is 5.91 Å². The minimum Gasteiger partial charge on any atom is -0.491 e. The number of rotatable bonds is 5. The highest BCUT2D eigenvalue weighted by atomic mass is 16.5. The summed E-state index contributed by atoms with van der Waals surface area (Å²) in [4.78, 5) is 11.7. The Morgan fingerprint density at radius 3 is 3.11 bits per heavy atom. The maximum Gasteiger partial charge on any atom is 0.220 e. The summed E-state index contributed by atoms with van der Waals surface area (Å²) in [5.74, 6) is 1.05. The molecule has 2 N–H and O–H groups in total. The lowest BCUT2D eigenvalue weighted by Gasteiger charge is -2.26. The number of carbonyl (C=O) groups is 1. The Labute approximate surface area is 108 Å². The van der Waals surface area contributed by atoms with Gasteiger partial charge in [0.25, 0.3) is 0 Å². The normalized spacial score (nSPS) is 17.7. The predicted molar refractivity (Wildman–Crippen MR) is 70.7 cm³/mol. The monoisotopic (exact) mass is 248 g/mol. The van der Waals surface area contributed by atoms with Crippen molar-refractivity contribution in [1.82, 2.24) is 10.6 Å². The molecule has 0 saturated carbocycles. The molecule has 2 rings (SSSR count). The number of benzene rings is 1. The highest BCUT2D eigenvalue weighted by molar-refractivity contribution is 5.76. The maximum atomic E-state index is 11.7. The molecule has 1 aliphatic heterocycles. The van der Waals surface area contributed by atoms with Crippen LogP contribution in [0.4, 0.5) is 0 Å². The molecule has 1 aliphatic rings. The summed E-state index contributed by atoms with van der Waals surface area (Å²) >= 11 is 0. The molecule has 0 saturated heterocycles. The van der Waals surface area contributed by atoms with E-state index in [0.717, 1.165) is 25.1 Å². The molecule has 1 heterocycles. The van der Waals surface area contributed by atoms with Gasteiger partial charge in [0.1, 0.15) is 12.4 Å². The van der Waals surface area contributed by atoms with Crippen molar-refractivity contribution in [2.75, 3.05) is 20.2 Å². The lowest BCUT2D eigenvalue weighted by molar-refractivity contribution is -0.122. The van der Waals surface area contributed by atoms with Gasteiger partial charge in [0.2, 0.25) is 5.91 Å². The van der Waals surface area contributed by atoms with Gasteiger partial charge < -0.3 is 15.4 Å². The van der Waals surface area contributed by atoms with Gasteiger partial charge in [0.05, 0.1) is 6.04 Å². The Morgan fingerprint density at radius 2 is 2.28 bits per heavy atom. The van der Waals surface area contributed by atoms with Gasteiger partial charge in [-0.3, -0.25) is 4.79 Å². The molecule has 98 valence electrons. The van der Waals surface area contributed by atoms with Crippen molar-refractivity contribution in [3.8, 4) is 5.75 Å². The van der Waals surface area contributed by atoms with Crippen molar-refractivity contribution in [2.24, 2.45) is 0 Å². The van der Waals surface area contributed by atoms with E-state index in [9.17, 15) is 4.79 Å². The van der Waals surface area contributed by atoms with E-state index in [0.29, 0.717) is 13.0 Å². The van der Waals surface area contributed by atoms with E-state index in [1.54, 1.807) is 0 Å². The number of amides is 1. The third-order valence-electron chi connectivity index (χ3n) is 3.07. The molecule has 4 heteroatoms. The lowest BCUT2D eigenvalue weighted by Crippen LogP contribution is -2.42. The smallest absolute Gasteiger partial charge is 0.220 e. The zero-order chi connectivity index (χ0) is 12.8. The number of fused-ring (bicyclic) bond motifs is 1. The van der Waals surface area contributed by atoms with Crippen molar-refractivity contribution in [2.45, 2.75) is 25.3 Å². The molecule has 0 bridgehead atoms. The fourth-order valence-electron chi connectivity index (χ4n) is 2.15. The molecule has 0 radical (unpaired) electrons. The van der Waals surface area contributed by atoms with Crippen LogP contribution in [0.1, 0.15) is 18.4 Å². The third-order valence-corrected chi connectivity index (χ3v) is 3.07. The van der Waals surface area contributed by atoms with Gasteiger partial charge in [-0.05, 0) is 38.1 Å². The maximum absolute atomic E-state index is 11.7. The first kappa shape index (κ1) is 12.9. The SMILES string of the molecule is CNCCCC(=O)NC1COc2ccccc2C1. The van der Waals surface area contributed by atoms with Gasteiger partial charge in [-0.2, -0.15) is 0 Å². The van der Waals surface area contributed by atoms with E-state index in [1.165, 1.54) is 5.56 Å². The van der Waals surface area contributed by atoms with Crippen LogP contribution < -0.4 is 15.4 Å². The van der Waals surface area contributed by atoms with Crippen molar-refractivity contribution in [3.05, 3.63) is 29.8 Å². The standard InChI is InChI=1S/C14H20N2O2/c1-15-8-4-7-14(17)16-12-9-11-5-2-3-6-13(11)18-10-12/h2-3,5-6,12,15H,4,7-10H2,1H3,(H,16,17). The van der Waals surface area contributed by atoms with E-state index < -0.39 is 0 Å². The summed E-state index contributed by atoms with van der Waals surface area (Å²) in [7, 11) is 1.89. The summed E-state index contributed by atoms with van der Waals surface area (Å²) in [6.07, 6.45) is 2.29. The van der Waals surface area contributed by atoms with Crippen LogP contribution in [0.15, 0.2) is 24.3 Å². The van der Waals surface area contributed by atoms with E-state index in [-0.39, 0.29) is 11.9 Å². The molecule has 1 aromatic carbocycles. The largest absolute Gasteiger partial charge is 0.491 e. The van der Waals surface area contributed by atoms with Crippen molar-refractivity contribution in [3.63, 3.8) is 0 Å². The van der Waals surface area contributed by atoms with Crippen LogP contribution in [-0.2, 0) is 11.2 Å². The van der Waals surface area contributed by atoms with Gasteiger partial charge in [-0.15, -0.1) is 0 Å². The van der Waals surface area contributed by atoms with Crippen LogP contribution in [0, 0.1) is 0 Å². The zero-order valence-corrected chi connectivity index (χ0v) is 10.7. The van der Waals surface area contributed by atoms with Gasteiger partial charge in [-0.1, -0.05) is 18.2 Å². The summed E-state index contributed by atoms with van der Waals surface area (Å²) in [5, 5.41) is 6.06. The Morgan fingerprint density at radius 1 is 1.44 bits per heavy atom. The number of ether oxygens (including phenoxy) is 1. The molecule has 4 nitrogen and oxygen atoms in total. The molecule has 1 aromatic rings. The number of hydrogen-bond acceptors (Lipinski definition) is 3. The second kappa shape index (κ2) is 6.40. The molecule has 18 heavy (non-hydrogen) atoms. The summed E-state index contributed by atoms with van der Waals surface area (Å²) < 4.78 is 5.64. The first-order valence-corrected chi connectivity index (χ1v) is 6.44. The Hall–Kier alpha value is -1.55. The molecule has 0 fully saturated rings. The van der Waals surface area contributed by atoms with Crippen LogP contribution in [-0.4, -0.2) is 32.1 Å². The molecule has 1 unspecified atom stereocenters. The fourth-order valence-corrected chi connectivity index (χ4v) is 2.15. The van der Waals surface area contributed by atoms with Crippen LogP contribution in [0.5, 0.6) is 5.75 Å². The van der Waals surface area contributed by atoms with Crippen LogP contribution in [0.25, 0.3) is 0 Å². The van der Waals surface area contributed by atoms with Gasteiger partial charge >= 0.3 is 0 Å². The number of hydrogen-bond donors (Lipinski definition) is 2. The first-order valence-electron chi connectivity index (χ1n) is 6.44. The minimum absolute atomic E-state index is 0.0991. The quantitative estimate of drug-likeness (QED) is 0.767. The molecule has 0 aromatic heterocycles. The fraction of sp³-hybridized carbons (Fsp3) is 0.500. The van der Waals surface area contributed by atoms with E-state index in [2.05, 4.69) is 16.7 Å². The van der Waals surface area contributed by atoms with Crippen LogP contribution >= 0.6 is 0 Å². The predicted octanol–water partition coefficient (Wildman–Crippen LogP) is 1.11. The molecule has 1 atom stereocenters. The highest BCUT2D eigenvalue weighted by Gasteiger charge is 2.20. The average Bonchev–Trinajstić information content (AvgIpc) is 2.39. The highest BCUT2D eigenvalue weighted by Crippen LogP contribution is 2.23. The molecule has 0 spiro atoms. The lowest BCUT2D eigenvalue weighted by atomic mass is 10.0. The Bertz CT molecular complexity index is 407. The first-order chi connectivity index (χ1) is 8.79. The van der Waals surface area contributed by atoms with Crippen molar-refractivity contribution < 1.29 is 9.53 Å². The number of para-hydroxylation sites is 1. The van der Waals surface area contributed by atoms with E-state index in [1.807, 2.05) is 25.2 Å². The summed E-state index contributed by atoms with van der Waals surface area (Å²) in [6.45, 7) is 1.44. The Balaban J connectivity index is 1.80. The molecular weight excluding hydrogens is 228 g/mol. The van der Waals surface area contributed by atoms with Gasteiger partial charge in [-0.25, -0.2) is 0 Å². The summed E-state index contributed by atoms with van der Waals surface area (Å²) in [5.41, 5.74) is 1.17. The number of nitrogens with one attached hydrogen (secondary N) is 2. The van der Waals surface area contributed by atoms with Gasteiger partial charge in [0, 0.05) is 6.42 Å². The molecule has 0 aliphatic carbocycles. The van der Waals surface area contributed by atoms with E-state index in [4.69, 9.17) is 4.74 Å². The number of carbonyl (C=O) groups excluding carboxylic acids is 1. The summed E-state index contributed by atoms with van der Waals surface area (Å²) in [6, 6.07) is 8.09. The van der Waals surface area contributed by atoms with Crippen LogP contribution in [0.2, 0.25) is 0 Å². The molecular formula is C14H20N2O2. The van der Waals surface area contributed by atoms with Gasteiger partial charge in [0.15, 0.2) is 0 Å². The second-order valence-electron chi connectivity index (χ2n) is 4.59. The third kappa shape index (κ3) is 3.47. The second-order valence-corrected chi connectivity index (χ2v) is 4.59. The van der Waals surface area contributed by atoms with Crippen LogP contribution in [0.3, 0.4) is 0 Å².